The SMILES string of the molecule is COc1ccccc1/C=N/NC(=O)c1nn(-c2ccc(C)c(C)c2)c(=O)c(C#N)c1C. The lowest BCUT2D eigenvalue weighted by atomic mass is 10.1. The molecule has 0 radical (unpaired) electrons. The summed E-state index contributed by atoms with van der Waals surface area (Å²) in [5.74, 6) is -0.0393. The predicted octanol–water partition coefficient (Wildman–Crippen LogP) is 2.80. The molecule has 3 rings (SSSR count). The molecule has 2 aromatic carbocycles. The monoisotopic (exact) mass is 415 g/mol. The molecule has 0 aliphatic rings. The molecular formula is C23H21N5O3. The average Bonchev–Trinajstić information content (AvgIpc) is 2.76. The Morgan fingerprint density at radius 3 is 2.61 bits per heavy atom. The Kier molecular flexibility index (Phi) is 6.26. The van der Waals surface area contributed by atoms with Gasteiger partial charge >= 0.3 is 0 Å². The van der Waals surface area contributed by atoms with Crippen LogP contribution in [0.4, 0.5) is 0 Å². The number of hydrogen-bond acceptors (Lipinski definition) is 6. The third kappa shape index (κ3) is 4.36. The van der Waals surface area contributed by atoms with Crippen LogP contribution in [0.15, 0.2) is 52.4 Å². The molecule has 0 unspecified atom stereocenters. The first-order chi connectivity index (χ1) is 14.9. The van der Waals surface area contributed by atoms with E-state index < -0.39 is 11.5 Å². The summed E-state index contributed by atoms with van der Waals surface area (Å²) in [6.45, 7) is 5.36. The zero-order valence-corrected chi connectivity index (χ0v) is 17.6. The van der Waals surface area contributed by atoms with Gasteiger partial charge in [-0.15, -0.1) is 0 Å². The summed E-state index contributed by atoms with van der Waals surface area (Å²) in [6, 6.07) is 14.4. The second-order valence-corrected chi connectivity index (χ2v) is 6.89. The number of aromatic nitrogens is 2. The van der Waals surface area contributed by atoms with Gasteiger partial charge in [-0.3, -0.25) is 9.59 Å². The first-order valence-corrected chi connectivity index (χ1v) is 9.45. The third-order valence-electron chi connectivity index (χ3n) is 4.91. The summed E-state index contributed by atoms with van der Waals surface area (Å²) in [5.41, 5.74) is 4.94. The number of nitrogens with zero attached hydrogens (tertiary/aromatic N) is 4. The minimum Gasteiger partial charge on any atom is -0.496 e. The number of nitriles is 1. The highest BCUT2D eigenvalue weighted by atomic mass is 16.5. The predicted molar refractivity (Wildman–Crippen MR) is 117 cm³/mol. The number of carbonyl (C=O) groups excluding carboxylic acids is 1. The van der Waals surface area contributed by atoms with Crippen molar-refractivity contribution >= 4 is 12.1 Å². The molecule has 1 N–H and O–H groups in total. The van der Waals surface area contributed by atoms with Gasteiger partial charge in [-0.05, 0) is 56.2 Å². The summed E-state index contributed by atoms with van der Waals surface area (Å²) in [5, 5.41) is 17.7. The zero-order valence-electron chi connectivity index (χ0n) is 17.6. The molecule has 0 bridgehead atoms. The molecule has 1 aromatic heterocycles. The van der Waals surface area contributed by atoms with Gasteiger partial charge in [0.15, 0.2) is 5.69 Å². The van der Waals surface area contributed by atoms with Crippen molar-refractivity contribution in [1.82, 2.24) is 15.2 Å². The van der Waals surface area contributed by atoms with Crippen molar-refractivity contribution < 1.29 is 9.53 Å². The summed E-state index contributed by atoms with van der Waals surface area (Å²) in [4.78, 5) is 25.5. The van der Waals surface area contributed by atoms with Crippen molar-refractivity contribution in [2.24, 2.45) is 5.10 Å². The van der Waals surface area contributed by atoms with E-state index in [2.05, 4.69) is 15.6 Å². The maximum atomic E-state index is 12.8. The lowest BCUT2D eigenvalue weighted by Crippen LogP contribution is -2.31. The van der Waals surface area contributed by atoms with Crippen molar-refractivity contribution in [3.63, 3.8) is 0 Å². The van der Waals surface area contributed by atoms with Crippen molar-refractivity contribution in [3.05, 3.63) is 86.3 Å². The van der Waals surface area contributed by atoms with Gasteiger partial charge in [0.2, 0.25) is 0 Å². The standard InChI is InChI=1S/C23H21N5O3/c1-14-9-10-18(11-15(14)2)28-23(30)19(12-24)16(3)21(27-28)22(29)26-25-13-17-7-5-6-8-20(17)31-4/h5-11,13H,1-4H3,(H,26,29)/b25-13+. The smallest absolute Gasteiger partial charge is 0.292 e. The molecule has 1 amide bonds. The molecule has 0 saturated heterocycles. The number of nitrogens with one attached hydrogen (secondary N) is 1. The van der Waals surface area contributed by atoms with E-state index in [1.54, 1.807) is 24.3 Å². The van der Waals surface area contributed by atoms with E-state index in [0.29, 0.717) is 17.0 Å². The van der Waals surface area contributed by atoms with Crippen LogP contribution < -0.4 is 15.7 Å². The van der Waals surface area contributed by atoms with Crippen LogP contribution in [0.5, 0.6) is 5.75 Å². The highest BCUT2D eigenvalue weighted by Crippen LogP contribution is 2.16. The Morgan fingerprint density at radius 2 is 1.94 bits per heavy atom. The van der Waals surface area contributed by atoms with E-state index >= 15 is 0 Å². The first-order valence-electron chi connectivity index (χ1n) is 9.45. The number of benzene rings is 2. The fraction of sp³-hybridized carbons (Fsp3) is 0.174. The topological polar surface area (TPSA) is 109 Å². The fourth-order valence-corrected chi connectivity index (χ4v) is 2.97. The van der Waals surface area contributed by atoms with E-state index in [1.165, 1.54) is 20.2 Å². The lowest BCUT2D eigenvalue weighted by Gasteiger charge is -2.12. The zero-order chi connectivity index (χ0) is 22.5. The Labute approximate surface area is 179 Å². The summed E-state index contributed by atoms with van der Waals surface area (Å²) in [7, 11) is 1.54. The Hall–Kier alpha value is -4.25. The van der Waals surface area contributed by atoms with Gasteiger partial charge in [0.05, 0.1) is 19.0 Å². The van der Waals surface area contributed by atoms with Crippen molar-refractivity contribution in [2.45, 2.75) is 20.8 Å². The Balaban J connectivity index is 1.99. The lowest BCUT2D eigenvalue weighted by molar-refractivity contribution is 0.0947. The number of hydrogen-bond donors (Lipinski definition) is 1. The maximum Gasteiger partial charge on any atom is 0.292 e. The van der Waals surface area contributed by atoms with E-state index in [4.69, 9.17) is 4.74 Å². The minimum atomic E-state index is -0.641. The third-order valence-corrected chi connectivity index (χ3v) is 4.91. The van der Waals surface area contributed by atoms with Crippen LogP contribution in [0.25, 0.3) is 5.69 Å². The highest BCUT2D eigenvalue weighted by Gasteiger charge is 2.20. The fourth-order valence-electron chi connectivity index (χ4n) is 2.97. The molecule has 31 heavy (non-hydrogen) atoms. The van der Waals surface area contributed by atoms with Crippen LogP contribution in [0.3, 0.4) is 0 Å². The molecule has 0 fully saturated rings. The van der Waals surface area contributed by atoms with E-state index in [9.17, 15) is 14.9 Å². The number of aryl methyl sites for hydroxylation is 2. The number of para-hydroxylation sites is 1. The van der Waals surface area contributed by atoms with Gasteiger partial charge in [-0.1, -0.05) is 18.2 Å². The molecule has 0 aliphatic carbocycles. The van der Waals surface area contributed by atoms with Crippen LogP contribution in [0.2, 0.25) is 0 Å². The molecule has 0 saturated carbocycles. The maximum absolute atomic E-state index is 12.8. The molecule has 0 aliphatic heterocycles. The van der Waals surface area contributed by atoms with Gasteiger partial charge in [0.25, 0.3) is 11.5 Å². The summed E-state index contributed by atoms with van der Waals surface area (Å²) < 4.78 is 6.31. The highest BCUT2D eigenvalue weighted by molar-refractivity contribution is 5.95. The second-order valence-electron chi connectivity index (χ2n) is 6.89. The number of carbonyl (C=O) groups is 1. The molecule has 1 heterocycles. The van der Waals surface area contributed by atoms with Gasteiger partial charge in [0, 0.05) is 11.1 Å². The summed E-state index contributed by atoms with van der Waals surface area (Å²) in [6.07, 6.45) is 1.44. The number of ether oxygens (including phenoxy) is 1. The van der Waals surface area contributed by atoms with E-state index in [-0.39, 0.29) is 16.8 Å². The first kappa shape index (κ1) is 21.5. The molecular weight excluding hydrogens is 394 g/mol. The van der Waals surface area contributed by atoms with E-state index in [1.807, 2.05) is 38.1 Å². The van der Waals surface area contributed by atoms with Crippen LogP contribution >= 0.6 is 0 Å². The van der Waals surface area contributed by atoms with Gasteiger partial charge in [0.1, 0.15) is 17.4 Å². The molecule has 0 spiro atoms. The number of methoxy groups -OCH3 is 1. The van der Waals surface area contributed by atoms with Gasteiger partial charge in [-0.2, -0.15) is 20.1 Å². The minimum absolute atomic E-state index is 0.0634. The Bertz CT molecular complexity index is 1290. The number of hydrazone groups is 1. The van der Waals surface area contributed by atoms with Gasteiger partial charge < -0.3 is 4.74 Å². The average molecular weight is 415 g/mol. The molecule has 3 aromatic rings. The molecule has 0 atom stereocenters. The van der Waals surface area contributed by atoms with Crippen LogP contribution in [-0.4, -0.2) is 29.0 Å². The second kappa shape index (κ2) is 9.05. The van der Waals surface area contributed by atoms with Crippen LogP contribution in [-0.2, 0) is 0 Å². The Morgan fingerprint density at radius 1 is 1.19 bits per heavy atom. The van der Waals surface area contributed by atoms with Crippen molar-refractivity contribution in [3.8, 4) is 17.5 Å². The summed E-state index contributed by atoms with van der Waals surface area (Å²) >= 11 is 0. The van der Waals surface area contributed by atoms with Crippen LogP contribution in [0.1, 0.15) is 38.3 Å². The molecule has 8 heteroatoms. The van der Waals surface area contributed by atoms with E-state index in [0.717, 1.165) is 15.8 Å². The number of rotatable bonds is 5. The quantitative estimate of drug-likeness (QED) is 0.509. The largest absolute Gasteiger partial charge is 0.496 e. The van der Waals surface area contributed by atoms with Crippen LogP contribution in [0, 0.1) is 32.1 Å². The van der Waals surface area contributed by atoms with Gasteiger partial charge in [-0.25, -0.2) is 5.43 Å². The normalized spacial score (nSPS) is 10.7. The number of amides is 1. The molecule has 156 valence electrons. The molecule has 8 nitrogen and oxygen atoms in total. The van der Waals surface area contributed by atoms with Crippen molar-refractivity contribution in [1.29, 1.82) is 5.26 Å². The van der Waals surface area contributed by atoms with Crippen molar-refractivity contribution in [2.75, 3.05) is 7.11 Å².